The van der Waals surface area contributed by atoms with Crippen molar-refractivity contribution in [2.45, 2.75) is 39.5 Å². The maximum atomic E-state index is 13.6. The number of nitrogens with one attached hydrogen (secondary N) is 2. The van der Waals surface area contributed by atoms with Crippen LogP contribution >= 0.6 is 0 Å². The van der Waals surface area contributed by atoms with Crippen LogP contribution in [-0.2, 0) is 10.9 Å². The maximum absolute atomic E-state index is 13.6. The summed E-state index contributed by atoms with van der Waals surface area (Å²) in [4.78, 5) is 27.8. The minimum absolute atomic E-state index is 0.0477. The van der Waals surface area contributed by atoms with E-state index in [1.807, 2.05) is 0 Å². The highest BCUT2D eigenvalue weighted by atomic mass is 19.4. The largest absolute Gasteiger partial charge is 0.444 e. The van der Waals surface area contributed by atoms with Crippen molar-refractivity contribution in [1.82, 2.24) is 4.98 Å². The standard InChI is InChI=1S/C19H19F4N3O3/c1-10-12(6-8-15(24-10)19(21,22)23)16(27)25-14-9-11(20)5-7-13(14)26-17(28)29-18(2,3)4/h5-9H,1-4H3,(H,25,27)(H,26,28). The van der Waals surface area contributed by atoms with Gasteiger partial charge in [-0.05, 0) is 58.0 Å². The third kappa shape index (κ3) is 6.16. The predicted molar refractivity (Wildman–Crippen MR) is 98.2 cm³/mol. The third-order valence-corrected chi connectivity index (χ3v) is 3.49. The van der Waals surface area contributed by atoms with E-state index in [1.165, 1.54) is 13.0 Å². The van der Waals surface area contributed by atoms with Crippen LogP contribution in [0.25, 0.3) is 0 Å². The molecule has 29 heavy (non-hydrogen) atoms. The van der Waals surface area contributed by atoms with E-state index in [0.717, 1.165) is 18.2 Å². The average Bonchev–Trinajstić information content (AvgIpc) is 2.54. The molecule has 2 rings (SSSR count). The molecule has 2 amide bonds. The van der Waals surface area contributed by atoms with Crippen LogP contribution in [-0.4, -0.2) is 22.6 Å². The number of hydrogen-bond acceptors (Lipinski definition) is 4. The summed E-state index contributed by atoms with van der Waals surface area (Å²) in [5, 5.41) is 4.75. The van der Waals surface area contributed by atoms with E-state index < -0.39 is 35.3 Å². The van der Waals surface area contributed by atoms with Crippen molar-refractivity contribution in [3.63, 3.8) is 0 Å². The van der Waals surface area contributed by atoms with Gasteiger partial charge in [-0.15, -0.1) is 0 Å². The van der Waals surface area contributed by atoms with E-state index in [-0.39, 0.29) is 22.6 Å². The zero-order valence-electron chi connectivity index (χ0n) is 16.1. The molecule has 0 aliphatic carbocycles. The fraction of sp³-hybridized carbons (Fsp3) is 0.316. The van der Waals surface area contributed by atoms with Gasteiger partial charge in [-0.1, -0.05) is 0 Å². The van der Waals surface area contributed by atoms with Gasteiger partial charge < -0.3 is 10.1 Å². The van der Waals surface area contributed by atoms with Crippen molar-refractivity contribution < 1.29 is 31.9 Å². The summed E-state index contributed by atoms with van der Waals surface area (Å²) in [5.74, 6) is -1.51. The molecular weight excluding hydrogens is 394 g/mol. The second-order valence-electron chi connectivity index (χ2n) is 7.10. The zero-order chi connectivity index (χ0) is 22.0. The summed E-state index contributed by atoms with van der Waals surface area (Å²) in [6.07, 6.45) is -5.47. The molecule has 0 fully saturated rings. The minimum atomic E-state index is -4.65. The van der Waals surface area contributed by atoms with Gasteiger partial charge in [0.1, 0.15) is 17.1 Å². The fourth-order valence-corrected chi connectivity index (χ4v) is 2.29. The lowest BCUT2D eigenvalue weighted by Gasteiger charge is -2.20. The van der Waals surface area contributed by atoms with Crippen molar-refractivity contribution >= 4 is 23.4 Å². The van der Waals surface area contributed by atoms with Gasteiger partial charge in [0, 0.05) is 0 Å². The van der Waals surface area contributed by atoms with Gasteiger partial charge in [0.25, 0.3) is 5.91 Å². The molecule has 0 aliphatic rings. The van der Waals surface area contributed by atoms with Crippen molar-refractivity contribution in [1.29, 1.82) is 0 Å². The number of hydrogen-bond donors (Lipinski definition) is 2. The summed E-state index contributed by atoms with van der Waals surface area (Å²) in [7, 11) is 0. The molecule has 0 saturated heterocycles. The Bertz CT molecular complexity index is 937. The normalized spacial score (nSPS) is 11.7. The monoisotopic (exact) mass is 413 g/mol. The summed E-state index contributed by atoms with van der Waals surface area (Å²) < 4.78 is 56.9. The number of carbonyl (C=O) groups excluding carboxylic acids is 2. The van der Waals surface area contributed by atoms with E-state index in [9.17, 15) is 27.2 Å². The molecule has 156 valence electrons. The van der Waals surface area contributed by atoms with E-state index in [4.69, 9.17) is 4.74 Å². The van der Waals surface area contributed by atoms with Crippen LogP contribution in [0.5, 0.6) is 0 Å². The number of rotatable bonds is 3. The van der Waals surface area contributed by atoms with Crippen LogP contribution in [0, 0.1) is 12.7 Å². The molecule has 2 aromatic rings. The lowest BCUT2D eigenvalue weighted by molar-refractivity contribution is -0.141. The number of ether oxygens (including phenoxy) is 1. The number of nitrogens with zero attached hydrogens (tertiary/aromatic N) is 1. The van der Waals surface area contributed by atoms with Gasteiger partial charge in [-0.25, -0.2) is 14.2 Å². The van der Waals surface area contributed by atoms with Crippen molar-refractivity contribution in [2.24, 2.45) is 0 Å². The molecule has 10 heteroatoms. The summed E-state index contributed by atoms with van der Waals surface area (Å²) in [6.45, 7) is 6.20. The van der Waals surface area contributed by atoms with Gasteiger partial charge in [-0.3, -0.25) is 10.1 Å². The van der Waals surface area contributed by atoms with Crippen molar-refractivity contribution in [2.75, 3.05) is 10.6 Å². The Morgan fingerprint density at radius 3 is 2.21 bits per heavy atom. The van der Waals surface area contributed by atoms with Crippen molar-refractivity contribution in [3.05, 3.63) is 53.1 Å². The summed E-state index contributed by atoms with van der Waals surface area (Å²) in [5.41, 5.74) is -2.26. The van der Waals surface area contributed by atoms with E-state index >= 15 is 0 Å². The lowest BCUT2D eigenvalue weighted by Crippen LogP contribution is -2.27. The Morgan fingerprint density at radius 2 is 1.66 bits per heavy atom. The molecule has 0 radical (unpaired) electrons. The molecule has 0 unspecified atom stereocenters. The second-order valence-corrected chi connectivity index (χ2v) is 7.10. The minimum Gasteiger partial charge on any atom is -0.444 e. The SMILES string of the molecule is Cc1nc(C(F)(F)F)ccc1C(=O)Nc1cc(F)ccc1NC(=O)OC(C)(C)C. The topological polar surface area (TPSA) is 80.3 Å². The molecule has 0 bridgehead atoms. The Kier molecular flexibility index (Phi) is 6.15. The molecule has 0 saturated carbocycles. The molecular formula is C19H19F4N3O3. The van der Waals surface area contributed by atoms with E-state index in [1.54, 1.807) is 20.8 Å². The molecule has 0 atom stereocenters. The van der Waals surface area contributed by atoms with Gasteiger partial charge in [0.15, 0.2) is 0 Å². The third-order valence-electron chi connectivity index (χ3n) is 3.49. The van der Waals surface area contributed by atoms with Crippen LogP contribution in [0.2, 0.25) is 0 Å². The number of carbonyl (C=O) groups is 2. The van der Waals surface area contributed by atoms with E-state index in [2.05, 4.69) is 15.6 Å². The second kappa shape index (κ2) is 8.06. The quantitative estimate of drug-likeness (QED) is 0.683. The summed E-state index contributed by atoms with van der Waals surface area (Å²) >= 11 is 0. The Balaban J connectivity index is 2.26. The molecule has 1 aromatic carbocycles. The van der Waals surface area contributed by atoms with Gasteiger partial charge in [0.2, 0.25) is 0 Å². The van der Waals surface area contributed by atoms with E-state index in [0.29, 0.717) is 6.07 Å². The van der Waals surface area contributed by atoms with Crippen LogP contribution in [0.1, 0.15) is 42.5 Å². The number of aromatic nitrogens is 1. The van der Waals surface area contributed by atoms with Crippen LogP contribution in [0.3, 0.4) is 0 Å². The molecule has 0 aliphatic heterocycles. The number of alkyl halides is 3. The Morgan fingerprint density at radius 1 is 1.00 bits per heavy atom. The highest BCUT2D eigenvalue weighted by Crippen LogP contribution is 2.29. The molecule has 1 heterocycles. The lowest BCUT2D eigenvalue weighted by atomic mass is 10.1. The highest BCUT2D eigenvalue weighted by Gasteiger charge is 2.33. The first-order chi connectivity index (χ1) is 13.3. The first-order valence-corrected chi connectivity index (χ1v) is 8.42. The Labute approximate surface area is 164 Å². The smallest absolute Gasteiger partial charge is 0.433 e. The number of pyridine rings is 1. The first-order valence-electron chi connectivity index (χ1n) is 8.42. The zero-order valence-corrected chi connectivity index (χ0v) is 16.1. The number of aryl methyl sites for hydroxylation is 1. The fourth-order valence-electron chi connectivity index (χ4n) is 2.29. The average molecular weight is 413 g/mol. The van der Waals surface area contributed by atoms with Gasteiger partial charge >= 0.3 is 12.3 Å². The number of amides is 2. The molecule has 0 spiro atoms. The molecule has 1 aromatic heterocycles. The first kappa shape index (κ1) is 22.1. The predicted octanol–water partition coefficient (Wildman–Crippen LogP) is 5.15. The highest BCUT2D eigenvalue weighted by molar-refractivity contribution is 6.07. The van der Waals surface area contributed by atoms with Crippen LogP contribution in [0.4, 0.5) is 33.7 Å². The summed E-state index contributed by atoms with van der Waals surface area (Å²) in [6, 6.07) is 4.88. The van der Waals surface area contributed by atoms with Crippen molar-refractivity contribution in [3.8, 4) is 0 Å². The van der Waals surface area contributed by atoms with Gasteiger partial charge in [0.05, 0.1) is 22.6 Å². The molecule has 2 N–H and O–H groups in total. The van der Waals surface area contributed by atoms with Crippen LogP contribution < -0.4 is 10.6 Å². The Hall–Kier alpha value is -3.17. The number of anilines is 2. The molecule has 6 nitrogen and oxygen atoms in total. The number of halogens is 4. The maximum Gasteiger partial charge on any atom is 0.433 e. The van der Waals surface area contributed by atoms with Crippen LogP contribution in [0.15, 0.2) is 30.3 Å². The number of benzene rings is 1. The van der Waals surface area contributed by atoms with Gasteiger partial charge in [-0.2, -0.15) is 13.2 Å².